The Hall–Kier alpha value is -2.36. The van der Waals surface area contributed by atoms with Crippen molar-refractivity contribution in [1.82, 2.24) is 0 Å². The van der Waals surface area contributed by atoms with Crippen LogP contribution in [0.25, 0.3) is 0 Å². The zero-order valence-electron chi connectivity index (χ0n) is 11.1. The van der Waals surface area contributed by atoms with Crippen LogP contribution < -0.4 is 20.5 Å². The van der Waals surface area contributed by atoms with Gasteiger partial charge in [-0.05, 0) is 31.2 Å². The van der Waals surface area contributed by atoms with Crippen molar-refractivity contribution in [3.63, 3.8) is 0 Å². The van der Waals surface area contributed by atoms with Crippen molar-refractivity contribution >= 4 is 17.1 Å². The molecule has 0 spiro atoms. The second kappa shape index (κ2) is 6.00. The van der Waals surface area contributed by atoms with Gasteiger partial charge in [0.25, 0.3) is 0 Å². The van der Waals surface area contributed by atoms with Gasteiger partial charge in [-0.25, -0.2) is 0 Å². The summed E-state index contributed by atoms with van der Waals surface area (Å²) in [4.78, 5) is 0. The molecule has 0 unspecified atom stereocenters. The summed E-state index contributed by atoms with van der Waals surface area (Å²) in [7, 11) is 1.60. The third-order valence-corrected chi connectivity index (χ3v) is 2.70. The first-order valence-corrected chi connectivity index (χ1v) is 6.17. The summed E-state index contributed by atoms with van der Waals surface area (Å²) in [5, 5.41) is 3.30. The minimum Gasteiger partial charge on any atom is -0.495 e. The van der Waals surface area contributed by atoms with Gasteiger partial charge in [-0.15, -0.1) is 0 Å². The van der Waals surface area contributed by atoms with E-state index in [1.54, 1.807) is 7.11 Å². The predicted octanol–water partition coefficient (Wildman–Crippen LogP) is 3.42. The van der Waals surface area contributed by atoms with Crippen LogP contribution in [0.4, 0.5) is 17.1 Å². The van der Waals surface area contributed by atoms with Gasteiger partial charge in [0.2, 0.25) is 0 Å². The maximum atomic E-state index is 5.79. The molecule has 2 aromatic rings. The molecule has 4 nitrogen and oxygen atoms in total. The van der Waals surface area contributed by atoms with Gasteiger partial charge in [-0.2, -0.15) is 0 Å². The average Bonchev–Trinajstić information content (AvgIpc) is 2.43. The second-order valence-corrected chi connectivity index (χ2v) is 4.01. The molecule has 0 bridgehead atoms. The maximum Gasteiger partial charge on any atom is 0.143 e. The standard InChI is InChI=1S/C15H18N2O2/c1-3-19-14-7-5-4-6-13(14)17-11-8-9-12(16)15(10-11)18-2/h4-10,17H,3,16H2,1-2H3. The Bertz CT molecular complexity index is 556. The van der Waals surface area contributed by atoms with E-state index in [1.165, 1.54) is 0 Å². The number of methoxy groups -OCH3 is 1. The lowest BCUT2D eigenvalue weighted by Crippen LogP contribution is -1.98. The predicted molar refractivity (Wildman–Crippen MR) is 78.3 cm³/mol. The van der Waals surface area contributed by atoms with E-state index in [0.717, 1.165) is 17.1 Å². The molecule has 0 aliphatic heterocycles. The van der Waals surface area contributed by atoms with Crippen LogP contribution in [0.2, 0.25) is 0 Å². The molecule has 0 aromatic heterocycles. The highest BCUT2D eigenvalue weighted by molar-refractivity contribution is 5.70. The molecule has 2 rings (SSSR count). The Balaban J connectivity index is 2.26. The number of ether oxygens (including phenoxy) is 2. The fourth-order valence-corrected chi connectivity index (χ4v) is 1.80. The van der Waals surface area contributed by atoms with Crippen LogP contribution in [0, 0.1) is 0 Å². The zero-order chi connectivity index (χ0) is 13.7. The molecule has 0 saturated carbocycles. The fraction of sp³-hybridized carbons (Fsp3) is 0.200. The van der Waals surface area contributed by atoms with Crippen LogP contribution in [0.1, 0.15) is 6.92 Å². The Morgan fingerprint density at radius 2 is 1.89 bits per heavy atom. The van der Waals surface area contributed by atoms with E-state index in [-0.39, 0.29) is 0 Å². The number of anilines is 3. The van der Waals surface area contributed by atoms with Crippen molar-refractivity contribution in [2.75, 3.05) is 24.8 Å². The van der Waals surface area contributed by atoms with Crippen LogP contribution in [-0.2, 0) is 0 Å². The smallest absolute Gasteiger partial charge is 0.143 e. The topological polar surface area (TPSA) is 56.5 Å². The van der Waals surface area contributed by atoms with E-state index < -0.39 is 0 Å². The van der Waals surface area contributed by atoms with Crippen molar-refractivity contribution in [3.8, 4) is 11.5 Å². The Morgan fingerprint density at radius 1 is 1.11 bits per heavy atom. The zero-order valence-corrected chi connectivity index (χ0v) is 11.1. The molecule has 0 fully saturated rings. The van der Waals surface area contributed by atoms with Crippen molar-refractivity contribution < 1.29 is 9.47 Å². The van der Waals surface area contributed by atoms with Crippen molar-refractivity contribution in [2.24, 2.45) is 0 Å². The van der Waals surface area contributed by atoms with E-state index in [2.05, 4.69) is 5.32 Å². The summed E-state index contributed by atoms with van der Waals surface area (Å²) in [6, 6.07) is 13.4. The van der Waals surface area contributed by atoms with Crippen LogP contribution in [-0.4, -0.2) is 13.7 Å². The maximum absolute atomic E-state index is 5.79. The molecule has 0 amide bonds. The first kappa shape index (κ1) is 13.1. The van der Waals surface area contributed by atoms with E-state index >= 15 is 0 Å². The first-order valence-electron chi connectivity index (χ1n) is 6.17. The van der Waals surface area contributed by atoms with Gasteiger partial charge in [-0.1, -0.05) is 12.1 Å². The lowest BCUT2D eigenvalue weighted by atomic mass is 10.2. The molecule has 3 N–H and O–H groups in total. The molecular formula is C15H18N2O2. The largest absolute Gasteiger partial charge is 0.495 e. The quantitative estimate of drug-likeness (QED) is 0.807. The molecule has 0 aliphatic carbocycles. The van der Waals surface area contributed by atoms with Gasteiger partial charge in [0, 0.05) is 11.8 Å². The lowest BCUT2D eigenvalue weighted by Gasteiger charge is -2.13. The number of para-hydroxylation sites is 2. The molecule has 19 heavy (non-hydrogen) atoms. The summed E-state index contributed by atoms with van der Waals surface area (Å²) in [5.41, 5.74) is 8.22. The average molecular weight is 258 g/mol. The molecule has 0 saturated heterocycles. The number of rotatable bonds is 5. The van der Waals surface area contributed by atoms with E-state index in [9.17, 15) is 0 Å². The van der Waals surface area contributed by atoms with Crippen molar-refractivity contribution in [3.05, 3.63) is 42.5 Å². The highest BCUT2D eigenvalue weighted by atomic mass is 16.5. The minimum absolute atomic E-state index is 0.617. The number of nitrogens with one attached hydrogen (secondary N) is 1. The summed E-state index contributed by atoms with van der Waals surface area (Å²) in [6.45, 7) is 2.59. The van der Waals surface area contributed by atoms with Gasteiger partial charge in [-0.3, -0.25) is 0 Å². The molecular weight excluding hydrogens is 240 g/mol. The number of nitrogens with two attached hydrogens (primary N) is 1. The van der Waals surface area contributed by atoms with Crippen LogP contribution in [0.5, 0.6) is 11.5 Å². The summed E-state index contributed by atoms with van der Waals surface area (Å²) in [5.74, 6) is 1.47. The molecule has 4 heteroatoms. The second-order valence-electron chi connectivity index (χ2n) is 4.01. The normalized spacial score (nSPS) is 10.0. The Labute approximate surface area is 113 Å². The molecule has 100 valence electrons. The van der Waals surface area contributed by atoms with Crippen LogP contribution >= 0.6 is 0 Å². The SMILES string of the molecule is CCOc1ccccc1Nc1ccc(N)c(OC)c1. The van der Waals surface area contributed by atoms with Gasteiger partial charge in [0.1, 0.15) is 11.5 Å². The minimum atomic E-state index is 0.617. The summed E-state index contributed by atoms with van der Waals surface area (Å²) in [6.07, 6.45) is 0. The van der Waals surface area contributed by atoms with Gasteiger partial charge >= 0.3 is 0 Å². The summed E-state index contributed by atoms with van der Waals surface area (Å²) >= 11 is 0. The van der Waals surface area contributed by atoms with Gasteiger partial charge in [0.05, 0.1) is 25.1 Å². The van der Waals surface area contributed by atoms with E-state index in [1.807, 2.05) is 49.4 Å². The molecule has 0 heterocycles. The third-order valence-electron chi connectivity index (χ3n) is 2.70. The Kier molecular flexibility index (Phi) is 4.13. The summed E-state index contributed by atoms with van der Waals surface area (Å²) < 4.78 is 10.8. The highest BCUT2D eigenvalue weighted by Gasteiger charge is 2.05. The molecule has 2 aromatic carbocycles. The van der Waals surface area contributed by atoms with Crippen molar-refractivity contribution in [2.45, 2.75) is 6.92 Å². The van der Waals surface area contributed by atoms with Crippen LogP contribution in [0.15, 0.2) is 42.5 Å². The molecule has 0 radical (unpaired) electrons. The third kappa shape index (κ3) is 3.10. The lowest BCUT2D eigenvalue weighted by molar-refractivity contribution is 0.342. The number of hydrogen-bond acceptors (Lipinski definition) is 4. The van der Waals surface area contributed by atoms with E-state index in [4.69, 9.17) is 15.2 Å². The van der Waals surface area contributed by atoms with E-state index in [0.29, 0.717) is 18.0 Å². The molecule has 0 atom stereocenters. The van der Waals surface area contributed by atoms with Gasteiger partial charge in [0.15, 0.2) is 0 Å². The number of benzene rings is 2. The monoisotopic (exact) mass is 258 g/mol. The number of nitrogen functional groups attached to an aromatic ring is 1. The van der Waals surface area contributed by atoms with Crippen molar-refractivity contribution in [1.29, 1.82) is 0 Å². The van der Waals surface area contributed by atoms with Crippen LogP contribution in [0.3, 0.4) is 0 Å². The first-order chi connectivity index (χ1) is 9.24. The Morgan fingerprint density at radius 3 is 2.63 bits per heavy atom. The molecule has 0 aliphatic rings. The number of hydrogen-bond donors (Lipinski definition) is 2. The fourth-order valence-electron chi connectivity index (χ4n) is 1.80. The highest BCUT2D eigenvalue weighted by Crippen LogP contribution is 2.31. The van der Waals surface area contributed by atoms with Gasteiger partial charge < -0.3 is 20.5 Å².